The molecule has 0 fully saturated rings. The number of pyridine rings is 1. The van der Waals surface area contributed by atoms with Gasteiger partial charge in [0.25, 0.3) is 0 Å². The van der Waals surface area contributed by atoms with Crippen LogP contribution in [-0.4, -0.2) is 14.5 Å². The van der Waals surface area contributed by atoms with Gasteiger partial charge in [-0.15, -0.1) is 0 Å². The number of nitrogen functional groups attached to an aromatic ring is 1. The Kier molecular flexibility index (Phi) is 1.21. The minimum Gasteiger partial charge on any atom is -0.384 e. The van der Waals surface area contributed by atoms with Crippen molar-refractivity contribution in [2.75, 3.05) is 5.73 Å². The lowest BCUT2D eigenvalue weighted by molar-refractivity contribution is 0.890. The lowest BCUT2D eigenvalue weighted by Crippen LogP contribution is -2.11. The molecule has 62 valence electrons. The topological polar surface area (TPSA) is 76.7 Å². The number of nitrogens with two attached hydrogens (primary N) is 1. The first kappa shape index (κ1) is 6.90. The molecule has 0 amide bonds. The zero-order chi connectivity index (χ0) is 8.72. The summed E-state index contributed by atoms with van der Waals surface area (Å²) in [6, 6.07) is 1.64. The van der Waals surface area contributed by atoms with Gasteiger partial charge in [-0.2, -0.15) is 0 Å². The summed E-state index contributed by atoms with van der Waals surface area (Å²) < 4.78 is 1.49. The molecule has 2 rings (SSSR count). The van der Waals surface area contributed by atoms with E-state index in [0.29, 0.717) is 5.82 Å². The van der Waals surface area contributed by atoms with Gasteiger partial charge in [-0.25, -0.2) is 9.78 Å². The molecule has 3 N–H and O–H groups in total. The molecule has 0 spiro atoms. The van der Waals surface area contributed by atoms with E-state index in [9.17, 15) is 4.79 Å². The van der Waals surface area contributed by atoms with Gasteiger partial charge in [-0.1, -0.05) is 0 Å². The fraction of sp³-hybridized carbons (Fsp3) is 0.143. The van der Waals surface area contributed by atoms with E-state index in [1.54, 1.807) is 19.3 Å². The maximum atomic E-state index is 11.1. The van der Waals surface area contributed by atoms with Crippen molar-refractivity contribution in [3.63, 3.8) is 0 Å². The first-order valence-corrected chi connectivity index (χ1v) is 3.49. The number of nitrogens with one attached hydrogen (secondary N) is 1. The summed E-state index contributed by atoms with van der Waals surface area (Å²) in [5, 5.41) is 0. The van der Waals surface area contributed by atoms with E-state index in [1.165, 1.54) is 4.57 Å². The summed E-state index contributed by atoms with van der Waals surface area (Å²) in [6.07, 6.45) is 1.57. The first-order valence-electron chi connectivity index (χ1n) is 3.49. The maximum Gasteiger partial charge on any atom is 0.326 e. The van der Waals surface area contributed by atoms with Crippen LogP contribution in [-0.2, 0) is 7.05 Å². The van der Waals surface area contributed by atoms with E-state index in [-0.39, 0.29) is 5.69 Å². The first-order chi connectivity index (χ1) is 5.68. The van der Waals surface area contributed by atoms with Gasteiger partial charge < -0.3 is 10.7 Å². The van der Waals surface area contributed by atoms with Crippen LogP contribution < -0.4 is 11.4 Å². The second kappa shape index (κ2) is 2.10. The monoisotopic (exact) mass is 164 g/mol. The Morgan fingerprint density at radius 1 is 1.67 bits per heavy atom. The van der Waals surface area contributed by atoms with E-state index in [4.69, 9.17) is 5.73 Å². The van der Waals surface area contributed by atoms with Crippen LogP contribution in [0.5, 0.6) is 0 Å². The molecule has 5 nitrogen and oxygen atoms in total. The molecule has 0 aliphatic heterocycles. The average molecular weight is 164 g/mol. The summed E-state index contributed by atoms with van der Waals surface area (Å²) in [4.78, 5) is 17.6. The highest BCUT2D eigenvalue weighted by molar-refractivity contribution is 5.76. The van der Waals surface area contributed by atoms with Crippen molar-refractivity contribution in [3.05, 3.63) is 22.7 Å². The zero-order valence-electron chi connectivity index (χ0n) is 6.53. The number of H-pyrrole nitrogens is 1. The molecule has 0 unspecified atom stereocenters. The molecule has 2 aromatic rings. The van der Waals surface area contributed by atoms with Crippen LogP contribution in [0.1, 0.15) is 0 Å². The molecule has 2 aromatic heterocycles. The lowest BCUT2D eigenvalue weighted by atomic mass is 10.4. The molecule has 0 bridgehead atoms. The standard InChI is InChI=1S/C7H8N4O/c1-11-5-3-9-6(8)2-4(5)10-7(11)12/h2-3H,1H3,(H2,8,9)(H,10,12). The highest BCUT2D eigenvalue weighted by atomic mass is 16.1. The normalized spacial score (nSPS) is 10.8. The van der Waals surface area contributed by atoms with Crippen LogP contribution in [0.25, 0.3) is 11.0 Å². The number of aromatic nitrogens is 3. The maximum absolute atomic E-state index is 11.1. The van der Waals surface area contributed by atoms with Gasteiger partial charge in [0.05, 0.1) is 17.2 Å². The van der Waals surface area contributed by atoms with Crippen molar-refractivity contribution in [2.45, 2.75) is 0 Å². The second-order valence-electron chi connectivity index (χ2n) is 2.62. The van der Waals surface area contributed by atoms with E-state index in [0.717, 1.165) is 11.0 Å². The average Bonchev–Trinajstić information content (AvgIpc) is 2.28. The minimum atomic E-state index is -0.155. The molecule has 0 saturated heterocycles. The number of hydrogen-bond acceptors (Lipinski definition) is 3. The van der Waals surface area contributed by atoms with Crippen molar-refractivity contribution in [1.29, 1.82) is 0 Å². The Balaban J connectivity index is 2.96. The number of aromatic amines is 1. The summed E-state index contributed by atoms with van der Waals surface area (Å²) in [6.45, 7) is 0. The van der Waals surface area contributed by atoms with Crippen LogP contribution >= 0.6 is 0 Å². The Hall–Kier alpha value is -1.78. The van der Waals surface area contributed by atoms with E-state index < -0.39 is 0 Å². The fourth-order valence-electron chi connectivity index (χ4n) is 1.14. The van der Waals surface area contributed by atoms with Crippen molar-refractivity contribution in [2.24, 2.45) is 7.05 Å². The number of rotatable bonds is 0. The summed E-state index contributed by atoms with van der Waals surface area (Å²) in [5.41, 5.74) is 6.76. The SMILES string of the molecule is Cn1c(=O)[nH]c2cc(N)ncc21. The van der Waals surface area contributed by atoms with Crippen LogP contribution in [0.4, 0.5) is 5.82 Å². The molecule has 0 atom stereocenters. The van der Waals surface area contributed by atoms with E-state index in [2.05, 4.69) is 9.97 Å². The van der Waals surface area contributed by atoms with Crippen molar-refractivity contribution in [1.82, 2.24) is 14.5 Å². The molecular formula is C7H8N4O. The molecular weight excluding hydrogens is 156 g/mol. The number of anilines is 1. The van der Waals surface area contributed by atoms with Gasteiger partial charge >= 0.3 is 5.69 Å². The predicted octanol–water partition coefficient (Wildman–Crippen LogP) is -0.156. The zero-order valence-corrected chi connectivity index (χ0v) is 6.53. The van der Waals surface area contributed by atoms with Gasteiger partial charge in [0.15, 0.2) is 0 Å². The molecule has 0 radical (unpaired) electrons. The Bertz CT molecular complexity index is 482. The highest BCUT2D eigenvalue weighted by Crippen LogP contribution is 2.09. The van der Waals surface area contributed by atoms with Gasteiger partial charge in [0.2, 0.25) is 0 Å². The third-order valence-electron chi connectivity index (χ3n) is 1.81. The van der Waals surface area contributed by atoms with Crippen LogP contribution in [0, 0.1) is 0 Å². The van der Waals surface area contributed by atoms with E-state index in [1.807, 2.05) is 0 Å². The Morgan fingerprint density at radius 2 is 2.42 bits per heavy atom. The number of aryl methyl sites for hydroxylation is 1. The van der Waals surface area contributed by atoms with Crippen molar-refractivity contribution >= 4 is 16.9 Å². The molecule has 0 aliphatic rings. The molecule has 2 heterocycles. The summed E-state index contributed by atoms with van der Waals surface area (Å²) in [5.74, 6) is 0.407. The number of fused-ring (bicyclic) bond motifs is 1. The summed E-state index contributed by atoms with van der Waals surface area (Å²) >= 11 is 0. The van der Waals surface area contributed by atoms with Gasteiger partial charge in [-0.3, -0.25) is 4.57 Å². The number of imidazole rings is 1. The largest absolute Gasteiger partial charge is 0.384 e. The van der Waals surface area contributed by atoms with Crippen LogP contribution in [0.2, 0.25) is 0 Å². The van der Waals surface area contributed by atoms with Crippen molar-refractivity contribution in [3.8, 4) is 0 Å². The third kappa shape index (κ3) is 0.795. The minimum absolute atomic E-state index is 0.155. The van der Waals surface area contributed by atoms with E-state index >= 15 is 0 Å². The third-order valence-corrected chi connectivity index (χ3v) is 1.81. The smallest absolute Gasteiger partial charge is 0.326 e. The quantitative estimate of drug-likeness (QED) is 0.568. The number of hydrogen-bond donors (Lipinski definition) is 2. The van der Waals surface area contributed by atoms with Crippen molar-refractivity contribution < 1.29 is 0 Å². The van der Waals surface area contributed by atoms with Crippen LogP contribution in [0.3, 0.4) is 0 Å². The molecule has 0 aromatic carbocycles. The second-order valence-corrected chi connectivity index (χ2v) is 2.62. The summed E-state index contributed by atoms with van der Waals surface area (Å²) in [7, 11) is 1.68. The highest BCUT2D eigenvalue weighted by Gasteiger charge is 2.02. The molecule has 12 heavy (non-hydrogen) atoms. The fourth-order valence-corrected chi connectivity index (χ4v) is 1.14. The van der Waals surface area contributed by atoms with Crippen LogP contribution in [0.15, 0.2) is 17.1 Å². The van der Waals surface area contributed by atoms with Gasteiger partial charge in [0.1, 0.15) is 5.82 Å². The van der Waals surface area contributed by atoms with Gasteiger partial charge in [0, 0.05) is 13.1 Å². The molecule has 5 heteroatoms. The molecule has 0 saturated carbocycles. The Morgan fingerprint density at radius 3 is 3.17 bits per heavy atom. The lowest BCUT2D eigenvalue weighted by Gasteiger charge is -1.92. The predicted molar refractivity (Wildman–Crippen MR) is 45.7 cm³/mol. The number of nitrogens with zero attached hydrogens (tertiary/aromatic N) is 2. The van der Waals surface area contributed by atoms with Gasteiger partial charge in [-0.05, 0) is 0 Å². The Labute approximate surface area is 67.8 Å². The molecule has 0 aliphatic carbocycles.